The zero-order chi connectivity index (χ0) is 12.5. The van der Waals surface area contributed by atoms with Gasteiger partial charge in [0.1, 0.15) is 0 Å². The van der Waals surface area contributed by atoms with Crippen molar-refractivity contribution in [3.05, 3.63) is 56.2 Å². The van der Waals surface area contributed by atoms with E-state index < -0.39 is 0 Å². The molecule has 0 aliphatic heterocycles. The highest BCUT2D eigenvalue weighted by atomic mass is 79.9. The summed E-state index contributed by atoms with van der Waals surface area (Å²) in [6.07, 6.45) is 2.46. The largest absolute Gasteiger partial charge is 0.312 e. The summed E-state index contributed by atoms with van der Waals surface area (Å²) in [5.74, 6) is 0.598. The van der Waals surface area contributed by atoms with Crippen molar-refractivity contribution in [3.63, 3.8) is 0 Å². The number of likely N-dealkylation sites (N-methyl/N-ethyl adjacent to an activating group) is 1. The first kappa shape index (κ1) is 12.4. The number of hydrogen-bond acceptors (Lipinski definition) is 2. The van der Waals surface area contributed by atoms with Crippen molar-refractivity contribution in [2.45, 2.75) is 24.8 Å². The van der Waals surface area contributed by atoms with Crippen LogP contribution in [0.2, 0.25) is 0 Å². The molecule has 1 N–H and O–H groups in total. The SMILES string of the molecule is CNC(c1sccc1Br)C1CCc2ccccc21. The van der Waals surface area contributed by atoms with Gasteiger partial charge in [-0.05, 0) is 58.4 Å². The zero-order valence-electron chi connectivity index (χ0n) is 10.3. The summed E-state index contributed by atoms with van der Waals surface area (Å²) < 4.78 is 1.23. The summed E-state index contributed by atoms with van der Waals surface area (Å²) in [5.41, 5.74) is 3.05. The Kier molecular flexibility index (Phi) is 3.55. The number of fused-ring (bicyclic) bond motifs is 1. The molecule has 0 fully saturated rings. The van der Waals surface area contributed by atoms with E-state index in [1.165, 1.54) is 33.3 Å². The maximum atomic E-state index is 3.67. The minimum Gasteiger partial charge on any atom is -0.312 e. The van der Waals surface area contributed by atoms with Gasteiger partial charge in [0.05, 0.1) is 0 Å². The Morgan fingerprint density at radius 1 is 1.33 bits per heavy atom. The Balaban J connectivity index is 1.98. The van der Waals surface area contributed by atoms with E-state index in [1.807, 2.05) is 11.3 Å². The molecule has 0 bridgehead atoms. The van der Waals surface area contributed by atoms with Crippen LogP contribution in [-0.4, -0.2) is 7.05 Å². The molecule has 0 saturated heterocycles. The molecule has 1 nitrogen and oxygen atoms in total. The maximum absolute atomic E-state index is 3.67. The Bertz CT molecular complexity index is 549. The maximum Gasteiger partial charge on any atom is 0.0493 e. The fourth-order valence-corrected chi connectivity index (χ4v) is 4.77. The molecule has 0 radical (unpaired) electrons. The monoisotopic (exact) mass is 321 g/mol. The van der Waals surface area contributed by atoms with Gasteiger partial charge < -0.3 is 5.32 Å². The van der Waals surface area contributed by atoms with E-state index in [2.05, 4.69) is 64.0 Å². The highest BCUT2D eigenvalue weighted by Gasteiger charge is 2.31. The lowest BCUT2D eigenvalue weighted by Crippen LogP contribution is -2.22. The summed E-state index contributed by atoms with van der Waals surface area (Å²) >= 11 is 5.50. The number of aryl methyl sites for hydroxylation is 1. The first-order chi connectivity index (χ1) is 8.81. The number of halogens is 1. The van der Waals surface area contributed by atoms with E-state index in [4.69, 9.17) is 0 Å². The molecule has 1 aliphatic carbocycles. The number of benzene rings is 1. The van der Waals surface area contributed by atoms with Crippen LogP contribution in [0.15, 0.2) is 40.2 Å². The second-order valence-corrected chi connectivity index (χ2v) is 6.55. The molecule has 1 aliphatic rings. The van der Waals surface area contributed by atoms with Crippen LogP contribution in [0.4, 0.5) is 0 Å². The third-order valence-corrected chi connectivity index (χ3v) is 5.77. The van der Waals surface area contributed by atoms with Crippen LogP contribution in [0, 0.1) is 0 Å². The van der Waals surface area contributed by atoms with Gasteiger partial charge >= 0.3 is 0 Å². The van der Waals surface area contributed by atoms with Crippen molar-refractivity contribution < 1.29 is 0 Å². The van der Waals surface area contributed by atoms with Crippen LogP contribution in [0.1, 0.15) is 34.4 Å². The molecule has 3 heteroatoms. The van der Waals surface area contributed by atoms with Crippen LogP contribution in [0.25, 0.3) is 0 Å². The van der Waals surface area contributed by atoms with Crippen molar-refractivity contribution in [1.82, 2.24) is 5.32 Å². The van der Waals surface area contributed by atoms with Gasteiger partial charge in [0.15, 0.2) is 0 Å². The second kappa shape index (κ2) is 5.16. The van der Waals surface area contributed by atoms with Gasteiger partial charge in [-0.1, -0.05) is 24.3 Å². The normalized spacial score (nSPS) is 19.8. The quantitative estimate of drug-likeness (QED) is 0.877. The summed E-state index contributed by atoms with van der Waals surface area (Å²) in [5, 5.41) is 5.67. The minimum atomic E-state index is 0.419. The third-order valence-electron chi connectivity index (χ3n) is 3.82. The fourth-order valence-electron chi connectivity index (χ4n) is 2.98. The highest BCUT2D eigenvalue weighted by Crippen LogP contribution is 2.44. The molecule has 2 aromatic rings. The zero-order valence-corrected chi connectivity index (χ0v) is 12.7. The standard InChI is InChI=1S/C15H16BrNS/c1-17-14(15-13(16)8-9-18-15)12-7-6-10-4-2-3-5-11(10)12/h2-5,8-9,12,14,17H,6-7H2,1H3. The Hall–Kier alpha value is -0.640. The molecule has 3 rings (SSSR count). The minimum absolute atomic E-state index is 0.419. The van der Waals surface area contributed by atoms with Crippen molar-refractivity contribution in [2.75, 3.05) is 7.05 Å². The van der Waals surface area contributed by atoms with Gasteiger partial charge in [0.25, 0.3) is 0 Å². The molecule has 2 unspecified atom stereocenters. The lowest BCUT2D eigenvalue weighted by atomic mass is 9.92. The Labute approximate surface area is 120 Å². The highest BCUT2D eigenvalue weighted by molar-refractivity contribution is 9.10. The van der Waals surface area contributed by atoms with Gasteiger partial charge in [-0.15, -0.1) is 11.3 Å². The predicted molar refractivity (Wildman–Crippen MR) is 81.3 cm³/mol. The van der Waals surface area contributed by atoms with E-state index in [9.17, 15) is 0 Å². The molecule has 1 aromatic heterocycles. The van der Waals surface area contributed by atoms with Crippen LogP contribution >= 0.6 is 27.3 Å². The first-order valence-corrected chi connectivity index (χ1v) is 7.96. The Morgan fingerprint density at radius 2 is 2.17 bits per heavy atom. The van der Waals surface area contributed by atoms with Gasteiger partial charge in [-0.25, -0.2) is 0 Å². The summed E-state index contributed by atoms with van der Waals surface area (Å²) in [7, 11) is 2.07. The number of thiophene rings is 1. The van der Waals surface area contributed by atoms with Crippen molar-refractivity contribution in [1.29, 1.82) is 0 Å². The Morgan fingerprint density at radius 3 is 2.89 bits per heavy atom. The van der Waals surface area contributed by atoms with Crippen LogP contribution in [-0.2, 0) is 6.42 Å². The van der Waals surface area contributed by atoms with Gasteiger partial charge in [0.2, 0.25) is 0 Å². The summed E-state index contributed by atoms with van der Waals surface area (Å²) in [4.78, 5) is 1.42. The van der Waals surface area contributed by atoms with Crippen molar-refractivity contribution in [2.24, 2.45) is 0 Å². The van der Waals surface area contributed by atoms with Crippen LogP contribution in [0.5, 0.6) is 0 Å². The number of hydrogen-bond donors (Lipinski definition) is 1. The average molecular weight is 322 g/mol. The molecule has 2 atom stereocenters. The van der Waals surface area contributed by atoms with Gasteiger partial charge in [0, 0.05) is 21.3 Å². The summed E-state index contributed by atoms with van der Waals surface area (Å²) in [6.45, 7) is 0. The van der Waals surface area contributed by atoms with Crippen molar-refractivity contribution in [3.8, 4) is 0 Å². The van der Waals surface area contributed by atoms with Gasteiger partial charge in [-0.3, -0.25) is 0 Å². The predicted octanol–water partition coefficient (Wildman–Crippen LogP) is 4.50. The fraction of sp³-hybridized carbons (Fsp3) is 0.333. The van der Waals surface area contributed by atoms with Crippen LogP contribution in [0.3, 0.4) is 0 Å². The molecular formula is C15H16BrNS. The smallest absolute Gasteiger partial charge is 0.0493 e. The van der Waals surface area contributed by atoms with Gasteiger partial charge in [-0.2, -0.15) is 0 Å². The summed E-state index contributed by atoms with van der Waals surface area (Å²) in [6, 6.07) is 11.4. The van der Waals surface area contributed by atoms with E-state index in [0.717, 1.165) is 0 Å². The first-order valence-electron chi connectivity index (χ1n) is 6.29. The van der Waals surface area contributed by atoms with E-state index in [0.29, 0.717) is 12.0 Å². The average Bonchev–Trinajstić information content (AvgIpc) is 2.99. The molecule has 18 heavy (non-hydrogen) atoms. The number of rotatable bonds is 3. The molecule has 0 amide bonds. The molecule has 1 aromatic carbocycles. The molecule has 0 saturated carbocycles. The molecule has 94 valence electrons. The van der Waals surface area contributed by atoms with E-state index in [1.54, 1.807) is 0 Å². The van der Waals surface area contributed by atoms with E-state index >= 15 is 0 Å². The second-order valence-electron chi connectivity index (χ2n) is 4.74. The lowest BCUT2D eigenvalue weighted by Gasteiger charge is -2.23. The van der Waals surface area contributed by atoms with Crippen LogP contribution < -0.4 is 5.32 Å². The third kappa shape index (κ3) is 2.04. The van der Waals surface area contributed by atoms with Crippen molar-refractivity contribution >= 4 is 27.3 Å². The topological polar surface area (TPSA) is 12.0 Å². The van der Waals surface area contributed by atoms with E-state index in [-0.39, 0.29) is 0 Å². The lowest BCUT2D eigenvalue weighted by molar-refractivity contribution is 0.482. The molecule has 1 heterocycles. The molecule has 0 spiro atoms. The molecular weight excluding hydrogens is 306 g/mol. The number of nitrogens with one attached hydrogen (secondary N) is 1.